The predicted octanol–water partition coefficient (Wildman–Crippen LogP) is 4.01. The van der Waals surface area contributed by atoms with Gasteiger partial charge in [0.2, 0.25) is 0 Å². The first-order valence-corrected chi connectivity index (χ1v) is 10.2. The first-order chi connectivity index (χ1) is 14.2. The third kappa shape index (κ3) is 3.36. The molecule has 150 valence electrons. The molecule has 3 aromatic rings. The maximum atomic E-state index is 13.4. The van der Waals surface area contributed by atoms with Crippen LogP contribution in [0.4, 0.5) is 0 Å². The zero-order valence-corrected chi connectivity index (χ0v) is 17.0. The second kappa shape index (κ2) is 8.21. The molecule has 1 aromatic heterocycles. The fraction of sp³-hybridized carbons (Fsp3) is 0.333. The zero-order valence-electron chi connectivity index (χ0n) is 17.0. The van der Waals surface area contributed by atoms with Crippen molar-refractivity contribution in [1.82, 2.24) is 14.5 Å². The van der Waals surface area contributed by atoms with Gasteiger partial charge in [-0.15, -0.1) is 0 Å². The van der Waals surface area contributed by atoms with Gasteiger partial charge in [-0.25, -0.2) is 4.98 Å². The molecule has 0 N–H and O–H groups in total. The molecule has 0 aliphatic carbocycles. The van der Waals surface area contributed by atoms with Crippen LogP contribution in [0.1, 0.15) is 41.5 Å². The maximum absolute atomic E-state index is 13.4. The van der Waals surface area contributed by atoms with E-state index in [1.807, 2.05) is 61.5 Å². The van der Waals surface area contributed by atoms with E-state index in [1.54, 1.807) is 10.8 Å². The van der Waals surface area contributed by atoms with Crippen LogP contribution in [0.3, 0.4) is 0 Å². The number of amides is 1. The van der Waals surface area contributed by atoms with Gasteiger partial charge in [0.05, 0.1) is 6.04 Å². The fourth-order valence-corrected chi connectivity index (χ4v) is 4.55. The van der Waals surface area contributed by atoms with Crippen LogP contribution >= 0.6 is 0 Å². The van der Waals surface area contributed by atoms with E-state index in [4.69, 9.17) is 4.74 Å². The molecule has 1 fully saturated rings. The van der Waals surface area contributed by atoms with Gasteiger partial charge in [0.1, 0.15) is 5.60 Å². The molecule has 1 atom stereocenters. The van der Waals surface area contributed by atoms with E-state index in [0.717, 1.165) is 24.0 Å². The average molecular weight is 389 g/mol. The van der Waals surface area contributed by atoms with Gasteiger partial charge in [-0.1, -0.05) is 60.7 Å². The highest BCUT2D eigenvalue weighted by molar-refractivity contribution is 5.91. The molecule has 5 heteroatoms. The number of likely N-dealkylation sites (tertiary alicyclic amines) is 1. The van der Waals surface area contributed by atoms with Gasteiger partial charge in [-0.05, 0) is 30.9 Å². The second-order valence-electron chi connectivity index (χ2n) is 7.42. The van der Waals surface area contributed by atoms with Crippen LogP contribution in [0.25, 0.3) is 0 Å². The van der Waals surface area contributed by atoms with Crippen molar-refractivity contribution in [3.8, 4) is 0 Å². The molecule has 1 aliphatic rings. The van der Waals surface area contributed by atoms with Gasteiger partial charge in [0, 0.05) is 32.6 Å². The van der Waals surface area contributed by atoms with Crippen molar-refractivity contribution in [3.63, 3.8) is 0 Å². The maximum Gasteiger partial charge on any atom is 0.290 e. The third-order valence-corrected chi connectivity index (χ3v) is 5.77. The number of nitrogens with zero attached hydrogens (tertiary/aromatic N) is 3. The summed E-state index contributed by atoms with van der Waals surface area (Å²) in [5, 5.41) is 0. The number of carbonyl (C=O) groups excluding carboxylic acids is 1. The zero-order chi connectivity index (χ0) is 20.3. The highest BCUT2D eigenvalue weighted by Crippen LogP contribution is 2.43. The Labute approximate surface area is 171 Å². The number of imidazole rings is 1. The standard InChI is InChI=1S/C24H27N3O2/c1-3-29-24(19-11-6-4-7-12-19,20-13-8-5-9-14-20)21-15-10-17-27(21)23(28)22-25-16-18-26(22)2/h4-9,11-14,16,18,21H,3,10,15,17H2,1-2H3. The van der Waals surface area contributed by atoms with Crippen LogP contribution in [-0.2, 0) is 17.4 Å². The predicted molar refractivity (Wildman–Crippen MR) is 113 cm³/mol. The normalized spacial score (nSPS) is 16.9. The molecular formula is C24H27N3O2. The molecule has 29 heavy (non-hydrogen) atoms. The van der Waals surface area contributed by atoms with E-state index in [-0.39, 0.29) is 11.9 Å². The summed E-state index contributed by atoms with van der Waals surface area (Å²) in [6.45, 7) is 3.26. The van der Waals surface area contributed by atoms with Crippen molar-refractivity contribution in [3.05, 3.63) is 90.0 Å². The van der Waals surface area contributed by atoms with Gasteiger partial charge in [0.15, 0.2) is 5.82 Å². The quantitative estimate of drug-likeness (QED) is 0.640. The minimum absolute atomic E-state index is 0.0454. The topological polar surface area (TPSA) is 47.4 Å². The van der Waals surface area contributed by atoms with Gasteiger partial charge in [0.25, 0.3) is 5.91 Å². The Morgan fingerprint density at radius 1 is 1.10 bits per heavy atom. The smallest absolute Gasteiger partial charge is 0.290 e. The number of aromatic nitrogens is 2. The highest BCUT2D eigenvalue weighted by Gasteiger charge is 2.49. The highest BCUT2D eigenvalue weighted by atomic mass is 16.5. The van der Waals surface area contributed by atoms with Crippen LogP contribution in [-0.4, -0.2) is 39.6 Å². The van der Waals surface area contributed by atoms with Crippen molar-refractivity contribution in [1.29, 1.82) is 0 Å². The van der Waals surface area contributed by atoms with Crippen molar-refractivity contribution < 1.29 is 9.53 Å². The lowest BCUT2D eigenvalue weighted by Crippen LogP contribution is -2.52. The first-order valence-electron chi connectivity index (χ1n) is 10.2. The molecule has 0 spiro atoms. The van der Waals surface area contributed by atoms with Gasteiger partial charge < -0.3 is 14.2 Å². The SMILES string of the molecule is CCOC(c1ccccc1)(c1ccccc1)C1CCCN1C(=O)c1nccn1C. The van der Waals surface area contributed by atoms with E-state index in [2.05, 4.69) is 29.2 Å². The van der Waals surface area contributed by atoms with Crippen molar-refractivity contribution in [2.24, 2.45) is 7.05 Å². The summed E-state index contributed by atoms with van der Waals surface area (Å²) >= 11 is 0. The second-order valence-corrected chi connectivity index (χ2v) is 7.42. The number of rotatable bonds is 6. The van der Waals surface area contributed by atoms with Crippen LogP contribution < -0.4 is 0 Å². The van der Waals surface area contributed by atoms with Crippen molar-refractivity contribution in [2.45, 2.75) is 31.4 Å². The summed E-state index contributed by atoms with van der Waals surface area (Å²) in [7, 11) is 1.86. The Balaban J connectivity index is 1.86. The van der Waals surface area contributed by atoms with E-state index in [9.17, 15) is 4.79 Å². The molecule has 0 saturated carbocycles. The summed E-state index contributed by atoms with van der Waals surface area (Å²) in [6.07, 6.45) is 5.29. The van der Waals surface area contributed by atoms with Crippen LogP contribution in [0.5, 0.6) is 0 Å². The van der Waals surface area contributed by atoms with Crippen molar-refractivity contribution in [2.75, 3.05) is 13.2 Å². The molecule has 1 saturated heterocycles. The molecule has 1 aliphatic heterocycles. The van der Waals surface area contributed by atoms with E-state index in [0.29, 0.717) is 19.0 Å². The lowest BCUT2D eigenvalue weighted by molar-refractivity contribution is -0.0598. The number of carbonyl (C=O) groups is 1. The summed E-state index contributed by atoms with van der Waals surface area (Å²) in [4.78, 5) is 19.7. The molecule has 2 heterocycles. The molecule has 1 unspecified atom stereocenters. The summed E-state index contributed by atoms with van der Waals surface area (Å²) in [6, 6.07) is 20.4. The Bertz CT molecular complexity index is 913. The largest absolute Gasteiger partial charge is 0.364 e. The Morgan fingerprint density at radius 2 is 1.72 bits per heavy atom. The van der Waals surface area contributed by atoms with Gasteiger partial charge >= 0.3 is 0 Å². The lowest BCUT2D eigenvalue weighted by Gasteiger charge is -2.43. The van der Waals surface area contributed by atoms with E-state index in [1.165, 1.54) is 0 Å². The number of benzene rings is 2. The minimum Gasteiger partial charge on any atom is -0.364 e. The van der Waals surface area contributed by atoms with Crippen LogP contribution in [0.15, 0.2) is 73.1 Å². The Kier molecular flexibility index (Phi) is 5.49. The van der Waals surface area contributed by atoms with E-state index < -0.39 is 5.60 Å². The minimum atomic E-state index is -0.728. The van der Waals surface area contributed by atoms with Gasteiger partial charge in [-0.3, -0.25) is 4.79 Å². The first kappa shape index (κ1) is 19.4. The lowest BCUT2D eigenvalue weighted by atomic mass is 9.78. The molecule has 4 rings (SSSR count). The molecular weight excluding hydrogens is 362 g/mol. The van der Waals surface area contributed by atoms with E-state index >= 15 is 0 Å². The van der Waals surface area contributed by atoms with Crippen LogP contribution in [0.2, 0.25) is 0 Å². The molecule has 2 aromatic carbocycles. The van der Waals surface area contributed by atoms with Crippen LogP contribution in [0, 0.1) is 0 Å². The monoisotopic (exact) mass is 389 g/mol. The average Bonchev–Trinajstić information content (AvgIpc) is 3.42. The molecule has 0 bridgehead atoms. The number of aryl methyl sites for hydroxylation is 1. The summed E-state index contributed by atoms with van der Waals surface area (Å²) in [5.41, 5.74) is 1.41. The Morgan fingerprint density at radius 3 is 2.24 bits per heavy atom. The third-order valence-electron chi connectivity index (χ3n) is 5.77. The van der Waals surface area contributed by atoms with Crippen molar-refractivity contribution >= 4 is 5.91 Å². The van der Waals surface area contributed by atoms with Gasteiger partial charge in [-0.2, -0.15) is 0 Å². The molecule has 0 radical (unpaired) electrons. The fourth-order valence-electron chi connectivity index (χ4n) is 4.55. The summed E-state index contributed by atoms with van der Waals surface area (Å²) < 4.78 is 8.38. The number of ether oxygens (including phenoxy) is 1. The molecule has 1 amide bonds. The number of hydrogen-bond acceptors (Lipinski definition) is 3. The molecule has 5 nitrogen and oxygen atoms in total. The Hall–Kier alpha value is -2.92. The number of hydrogen-bond donors (Lipinski definition) is 0. The summed E-state index contributed by atoms with van der Waals surface area (Å²) in [5.74, 6) is 0.416.